The van der Waals surface area contributed by atoms with E-state index in [9.17, 15) is 14.4 Å². The summed E-state index contributed by atoms with van der Waals surface area (Å²) in [6.45, 7) is 5.98. The van der Waals surface area contributed by atoms with Crippen molar-refractivity contribution in [2.75, 3.05) is 11.9 Å². The minimum absolute atomic E-state index is 0.0929. The topological polar surface area (TPSA) is 113 Å². The van der Waals surface area contributed by atoms with Crippen LogP contribution in [0.1, 0.15) is 37.1 Å². The molecule has 2 aromatic rings. The van der Waals surface area contributed by atoms with E-state index in [0.717, 1.165) is 17.7 Å². The molecule has 1 aromatic carbocycles. The molecule has 3 N–H and O–H groups in total. The van der Waals surface area contributed by atoms with E-state index in [2.05, 4.69) is 15.3 Å². The molecule has 0 unspecified atom stereocenters. The van der Waals surface area contributed by atoms with E-state index in [-0.39, 0.29) is 24.9 Å². The Kier molecular flexibility index (Phi) is 5.34. The van der Waals surface area contributed by atoms with Crippen LogP contribution in [0.5, 0.6) is 11.5 Å². The molecule has 3 rings (SSSR count). The van der Waals surface area contributed by atoms with Crippen molar-refractivity contribution < 1.29 is 14.3 Å². The van der Waals surface area contributed by atoms with Gasteiger partial charge in [0.05, 0.1) is 12.3 Å². The molecular formula is C19H23N3O5. The molecule has 8 nitrogen and oxygen atoms in total. The van der Waals surface area contributed by atoms with Gasteiger partial charge in [0.15, 0.2) is 0 Å². The number of rotatable bonds is 6. The highest BCUT2D eigenvalue weighted by atomic mass is 16.5. The average molecular weight is 373 g/mol. The molecule has 1 aliphatic rings. The lowest BCUT2D eigenvalue weighted by Gasteiger charge is -2.13. The fourth-order valence-electron chi connectivity index (χ4n) is 3.19. The minimum atomic E-state index is -0.556. The van der Waals surface area contributed by atoms with Gasteiger partial charge in [0, 0.05) is 35.7 Å². The predicted molar refractivity (Wildman–Crippen MR) is 101 cm³/mol. The van der Waals surface area contributed by atoms with Gasteiger partial charge in [-0.25, -0.2) is 4.79 Å². The normalized spacial score (nSPS) is 15.1. The van der Waals surface area contributed by atoms with Gasteiger partial charge in [-0.1, -0.05) is 0 Å². The highest BCUT2D eigenvalue weighted by molar-refractivity contribution is 5.93. The number of hydrogen-bond acceptors (Lipinski definition) is 5. The Labute approximate surface area is 155 Å². The molecule has 8 heteroatoms. The largest absolute Gasteiger partial charge is 0.492 e. The van der Waals surface area contributed by atoms with E-state index in [4.69, 9.17) is 9.47 Å². The summed E-state index contributed by atoms with van der Waals surface area (Å²) in [5.74, 6) is 1.08. The van der Waals surface area contributed by atoms with Crippen molar-refractivity contribution in [1.29, 1.82) is 0 Å². The lowest BCUT2D eigenvalue weighted by Crippen LogP contribution is -2.27. The van der Waals surface area contributed by atoms with Crippen molar-refractivity contribution in [3.63, 3.8) is 0 Å². The smallest absolute Gasteiger partial charge is 0.325 e. The number of anilines is 1. The maximum atomic E-state index is 12.4. The Balaban J connectivity index is 1.74. The molecule has 1 amide bonds. The second kappa shape index (κ2) is 7.69. The lowest BCUT2D eigenvalue weighted by atomic mass is 10.1. The van der Waals surface area contributed by atoms with Gasteiger partial charge >= 0.3 is 5.69 Å². The second-order valence-corrected chi connectivity index (χ2v) is 6.58. The molecule has 1 aliphatic heterocycles. The first-order chi connectivity index (χ1) is 12.9. The van der Waals surface area contributed by atoms with E-state index >= 15 is 0 Å². The number of carbonyl (C=O) groups is 1. The maximum Gasteiger partial charge on any atom is 0.325 e. The Morgan fingerprint density at radius 2 is 2.11 bits per heavy atom. The first kappa shape index (κ1) is 18.8. The average Bonchev–Trinajstić information content (AvgIpc) is 2.93. The summed E-state index contributed by atoms with van der Waals surface area (Å²) >= 11 is 0. The third-order valence-corrected chi connectivity index (χ3v) is 4.43. The Bertz CT molecular complexity index is 976. The zero-order valence-electron chi connectivity index (χ0n) is 15.6. The van der Waals surface area contributed by atoms with Crippen LogP contribution in [0.25, 0.3) is 0 Å². The predicted octanol–water partition coefficient (Wildman–Crippen LogP) is 1.67. The summed E-state index contributed by atoms with van der Waals surface area (Å²) in [5, 5.41) is 2.83. The number of hydrogen-bond donors (Lipinski definition) is 3. The minimum Gasteiger partial charge on any atom is -0.492 e. The molecule has 27 heavy (non-hydrogen) atoms. The third-order valence-electron chi connectivity index (χ3n) is 4.43. The van der Waals surface area contributed by atoms with Crippen molar-refractivity contribution in [2.45, 2.75) is 46.1 Å². The molecule has 2 heterocycles. The van der Waals surface area contributed by atoms with Gasteiger partial charge in [-0.05, 0) is 33.3 Å². The molecule has 0 fully saturated rings. The molecule has 0 spiro atoms. The quantitative estimate of drug-likeness (QED) is 0.713. The highest BCUT2D eigenvalue weighted by Gasteiger charge is 2.22. The summed E-state index contributed by atoms with van der Waals surface area (Å²) < 4.78 is 11.4. The van der Waals surface area contributed by atoms with Gasteiger partial charge < -0.3 is 19.8 Å². The van der Waals surface area contributed by atoms with E-state index < -0.39 is 11.2 Å². The zero-order chi connectivity index (χ0) is 19.6. The van der Waals surface area contributed by atoms with E-state index in [1.165, 1.54) is 0 Å². The van der Waals surface area contributed by atoms with Crippen molar-refractivity contribution in [1.82, 2.24) is 9.97 Å². The number of benzene rings is 1. The zero-order valence-corrected chi connectivity index (χ0v) is 15.6. The van der Waals surface area contributed by atoms with Gasteiger partial charge in [0.25, 0.3) is 5.56 Å². The van der Waals surface area contributed by atoms with Crippen LogP contribution in [0.15, 0.2) is 21.7 Å². The lowest BCUT2D eigenvalue weighted by molar-refractivity contribution is -0.116. The molecule has 1 atom stereocenters. The molecule has 0 saturated carbocycles. The van der Waals surface area contributed by atoms with Crippen LogP contribution in [0, 0.1) is 6.92 Å². The van der Waals surface area contributed by atoms with Crippen molar-refractivity contribution in [2.24, 2.45) is 0 Å². The summed E-state index contributed by atoms with van der Waals surface area (Å²) in [6.07, 6.45) is 1.20. The van der Waals surface area contributed by atoms with Crippen LogP contribution in [0.3, 0.4) is 0 Å². The van der Waals surface area contributed by atoms with Crippen molar-refractivity contribution in [3.8, 4) is 11.5 Å². The molecule has 0 bridgehead atoms. The van der Waals surface area contributed by atoms with Crippen LogP contribution in [-0.2, 0) is 17.6 Å². The summed E-state index contributed by atoms with van der Waals surface area (Å²) in [6, 6.07) is 3.68. The van der Waals surface area contributed by atoms with Crippen molar-refractivity contribution >= 4 is 11.6 Å². The molecule has 1 aromatic heterocycles. The van der Waals surface area contributed by atoms with Crippen LogP contribution in [0.2, 0.25) is 0 Å². The van der Waals surface area contributed by atoms with Crippen molar-refractivity contribution in [3.05, 3.63) is 49.8 Å². The number of fused-ring (bicyclic) bond motifs is 1. The number of carbonyl (C=O) groups excluding carboxylic acids is 1. The number of aromatic nitrogens is 2. The summed E-state index contributed by atoms with van der Waals surface area (Å²) in [5.41, 5.74) is 1.42. The van der Waals surface area contributed by atoms with Crippen LogP contribution in [-0.4, -0.2) is 28.6 Å². The SMILES string of the molecule is CCOc1cc2c(cc1NC(=O)CCc1c(C)[nH]c(=O)[nH]c1=O)O[C@H](C)C2. The molecule has 0 aliphatic carbocycles. The maximum absolute atomic E-state index is 12.4. The molecule has 144 valence electrons. The number of ether oxygens (including phenoxy) is 2. The first-order valence-corrected chi connectivity index (χ1v) is 8.95. The van der Waals surface area contributed by atoms with Gasteiger partial charge in [-0.2, -0.15) is 0 Å². The number of nitrogens with one attached hydrogen (secondary N) is 3. The number of aromatic amines is 2. The van der Waals surface area contributed by atoms with Gasteiger partial charge in [-0.15, -0.1) is 0 Å². The summed E-state index contributed by atoms with van der Waals surface area (Å²) in [4.78, 5) is 40.2. The fourth-order valence-corrected chi connectivity index (χ4v) is 3.19. The number of aryl methyl sites for hydroxylation is 1. The van der Waals surface area contributed by atoms with Crippen LogP contribution in [0.4, 0.5) is 5.69 Å². The Morgan fingerprint density at radius 1 is 1.33 bits per heavy atom. The van der Waals surface area contributed by atoms with E-state index in [1.807, 2.05) is 19.9 Å². The standard InChI is InChI=1S/C19H23N3O5/c1-4-26-16-8-12-7-10(2)27-15(12)9-14(16)21-17(23)6-5-13-11(3)20-19(25)22-18(13)24/h8-10H,4-7H2,1-3H3,(H,21,23)(H2,20,22,24,25)/t10-/m1/s1. The molecule has 0 saturated heterocycles. The number of amides is 1. The van der Waals surface area contributed by atoms with Gasteiger partial charge in [-0.3, -0.25) is 14.6 Å². The summed E-state index contributed by atoms with van der Waals surface area (Å²) in [7, 11) is 0. The highest BCUT2D eigenvalue weighted by Crippen LogP contribution is 2.38. The van der Waals surface area contributed by atoms with E-state index in [0.29, 0.717) is 29.3 Å². The monoisotopic (exact) mass is 373 g/mol. The molecule has 0 radical (unpaired) electrons. The van der Waals surface area contributed by atoms with E-state index in [1.54, 1.807) is 13.0 Å². The first-order valence-electron chi connectivity index (χ1n) is 8.95. The van der Waals surface area contributed by atoms with Gasteiger partial charge in [0.1, 0.15) is 17.6 Å². The Hall–Kier alpha value is -3.03. The van der Waals surface area contributed by atoms with Crippen LogP contribution < -0.4 is 26.0 Å². The Morgan fingerprint density at radius 3 is 2.81 bits per heavy atom. The molecular weight excluding hydrogens is 350 g/mol. The number of H-pyrrole nitrogens is 2. The van der Waals surface area contributed by atoms with Crippen LogP contribution >= 0.6 is 0 Å². The fraction of sp³-hybridized carbons (Fsp3) is 0.421. The third kappa shape index (κ3) is 4.21. The second-order valence-electron chi connectivity index (χ2n) is 6.58. The van der Waals surface area contributed by atoms with Gasteiger partial charge in [0.2, 0.25) is 5.91 Å².